The van der Waals surface area contributed by atoms with Crippen molar-refractivity contribution in [3.8, 4) is 6.07 Å². The van der Waals surface area contributed by atoms with E-state index in [-0.39, 0.29) is 12.1 Å². The summed E-state index contributed by atoms with van der Waals surface area (Å²) < 4.78 is 5.56. The van der Waals surface area contributed by atoms with E-state index >= 15 is 0 Å². The van der Waals surface area contributed by atoms with Gasteiger partial charge in [0.1, 0.15) is 6.07 Å². The summed E-state index contributed by atoms with van der Waals surface area (Å²) in [6, 6.07) is 18.1. The molecule has 174 valence electrons. The standard InChI is InChI=1S/C27H30N6O/c1-17-12-32(24-8-5-18(11-28)27-22(24)4-3-9-30-27)15-25-21-7-6-20(10-19(21)13-33(17)25)31-14-23(29)26(16-31)34-2/h3-10,17,23,25-26H,12-16,29H2,1-2H3/t17-,23?,25-,26?/m1/s1. The van der Waals surface area contributed by atoms with Gasteiger partial charge in [0.05, 0.1) is 29.3 Å². The maximum atomic E-state index is 9.53. The van der Waals surface area contributed by atoms with Crippen molar-refractivity contribution in [1.82, 2.24) is 9.88 Å². The summed E-state index contributed by atoms with van der Waals surface area (Å²) in [7, 11) is 1.75. The maximum Gasteiger partial charge on any atom is 0.101 e. The Kier molecular flexibility index (Phi) is 5.18. The molecular formula is C27H30N6O. The minimum atomic E-state index is 0.0508. The number of methoxy groups -OCH3 is 1. The molecule has 4 atom stereocenters. The molecule has 7 heteroatoms. The molecule has 7 nitrogen and oxygen atoms in total. The van der Waals surface area contributed by atoms with Gasteiger partial charge < -0.3 is 20.3 Å². The van der Waals surface area contributed by atoms with Crippen LogP contribution in [-0.4, -0.2) is 61.4 Å². The predicted molar refractivity (Wildman–Crippen MR) is 134 cm³/mol. The van der Waals surface area contributed by atoms with Gasteiger partial charge in [0.25, 0.3) is 0 Å². The number of ether oxygens (including phenoxy) is 1. The van der Waals surface area contributed by atoms with Crippen molar-refractivity contribution in [2.75, 3.05) is 43.1 Å². The van der Waals surface area contributed by atoms with Crippen molar-refractivity contribution in [1.29, 1.82) is 5.26 Å². The highest BCUT2D eigenvalue weighted by Crippen LogP contribution is 2.42. The summed E-state index contributed by atoms with van der Waals surface area (Å²) in [6.45, 7) is 6.84. The fourth-order valence-corrected chi connectivity index (χ4v) is 6.09. The smallest absolute Gasteiger partial charge is 0.101 e. The van der Waals surface area contributed by atoms with Gasteiger partial charge in [-0.15, -0.1) is 0 Å². The number of pyridine rings is 1. The molecule has 6 rings (SSSR count). The first-order valence-corrected chi connectivity index (χ1v) is 12.0. The van der Waals surface area contributed by atoms with Gasteiger partial charge in [-0.3, -0.25) is 9.88 Å². The van der Waals surface area contributed by atoms with Gasteiger partial charge in [0.2, 0.25) is 0 Å². The van der Waals surface area contributed by atoms with Gasteiger partial charge in [-0.2, -0.15) is 5.26 Å². The molecule has 3 aliphatic heterocycles. The molecule has 2 N–H and O–H groups in total. The topological polar surface area (TPSA) is 81.7 Å². The molecule has 2 unspecified atom stereocenters. The molecule has 0 radical (unpaired) electrons. The summed E-state index contributed by atoms with van der Waals surface area (Å²) in [5.41, 5.74) is 12.9. The zero-order valence-corrected chi connectivity index (χ0v) is 19.7. The Hall–Kier alpha value is -3.18. The van der Waals surface area contributed by atoms with E-state index in [0.717, 1.165) is 49.3 Å². The number of benzene rings is 2. The van der Waals surface area contributed by atoms with E-state index in [1.165, 1.54) is 16.8 Å². The number of nitriles is 1. The van der Waals surface area contributed by atoms with E-state index in [1.54, 1.807) is 13.3 Å². The van der Waals surface area contributed by atoms with Crippen molar-refractivity contribution in [3.05, 3.63) is 65.4 Å². The average molecular weight is 455 g/mol. The predicted octanol–water partition coefficient (Wildman–Crippen LogP) is 3.03. The third kappa shape index (κ3) is 3.33. The fraction of sp³-hybridized carbons (Fsp3) is 0.407. The van der Waals surface area contributed by atoms with Crippen molar-refractivity contribution < 1.29 is 4.74 Å². The quantitative estimate of drug-likeness (QED) is 0.651. The number of fused-ring (bicyclic) bond motifs is 4. The third-order valence-electron chi connectivity index (χ3n) is 7.87. The second kappa shape index (κ2) is 8.24. The van der Waals surface area contributed by atoms with Crippen molar-refractivity contribution in [3.63, 3.8) is 0 Å². The lowest BCUT2D eigenvalue weighted by molar-refractivity contribution is 0.108. The lowest BCUT2D eigenvalue weighted by Crippen LogP contribution is -2.51. The van der Waals surface area contributed by atoms with Gasteiger partial charge in [0, 0.05) is 68.8 Å². The Morgan fingerprint density at radius 2 is 1.97 bits per heavy atom. The van der Waals surface area contributed by atoms with Crippen LogP contribution in [-0.2, 0) is 11.3 Å². The van der Waals surface area contributed by atoms with Crippen LogP contribution >= 0.6 is 0 Å². The normalized spacial score (nSPS) is 26.5. The Balaban J connectivity index is 1.31. The molecule has 0 spiro atoms. The average Bonchev–Trinajstić information content (AvgIpc) is 3.43. The third-order valence-corrected chi connectivity index (χ3v) is 7.87. The molecule has 0 amide bonds. The number of piperazine rings is 1. The van der Waals surface area contributed by atoms with Crippen LogP contribution in [0.5, 0.6) is 0 Å². The first kappa shape index (κ1) is 21.4. The monoisotopic (exact) mass is 454 g/mol. The Labute approximate surface area is 200 Å². The van der Waals surface area contributed by atoms with E-state index in [2.05, 4.69) is 63.0 Å². The molecule has 0 bridgehead atoms. The summed E-state index contributed by atoms with van der Waals surface area (Å²) in [5.74, 6) is 0. The summed E-state index contributed by atoms with van der Waals surface area (Å²) in [4.78, 5) is 12.0. The van der Waals surface area contributed by atoms with E-state index < -0.39 is 0 Å². The Bertz CT molecular complexity index is 1290. The van der Waals surface area contributed by atoms with Gasteiger partial charge in [-0.1, -0.05) is 6.07 Å². The molecule has 3 aliphatic rings. The molecule has 2 saturated heterocycles. The van der Waals surface area contributed by atoms with Crippen molar-refractivity contribution in [2.24, 2.45) is 5.73 Å². The first-order chi connectivity index (χ1) is 16.6. The van der Waals surface area contributed by atoms with Crippen LogP contribution in [0.3, 0.4) is 0 Å². The van der Waals surface area contributed by atoms with E-state index in [0.29, 0.717) is 17.6 Å². The van der Waals surface area contributed by atoms with Gasteiger partial charge in [0.15, 0.2) is 0 Å². The van der Waals surface area contributed by atoms with Crippen LogP contribution in [0.15, 0.2) is 48.7 Å². The second-order valence-electron chi connectivity index (χ2n) is 9.81. The number of nitrogens with zero attached hydrogens (tertiary/aromatic N) is 5. The largest absolute Gasteiger partial charge is 0.378 e. The summed E-state index contributed by atoms with van der Waals surface area (Å²) in [6.07, 6.45) is 1.85. The SMILES string of the molecule is COC1CN(c2ccc3c(c2)CN2[C@H](C)CN(c4ccc(C#N)c5ncccc45)C[C@H]32)CC1N. The minimum absolute atomic E-state index is 0.0508. The minimum Gasteiger partial charge on any atom is -0.378 e. The van der Waals surface area contributed by atoms with Crippen molar-refractivity contribution in [2.45, 2.75) is 37.7 Å². The van der Waals surface area contributed by atoms with Crippen LogP contribution < -0.4 is 15.5 Å². The summed E-state index contributed by atoms with van der Waals surface area (Å²) in [5, 5.41) is 10.6. The highest BCUT2D eigenvalue weighted by molar-refractivity contribution is 5.95. The van der Waals surface area contributed by atoms with Crippen LogP contribution in [0.1, 0.15) is 29.7 Å². The lowest BCUT2D eigenvalue weighted by atomic mass is 9.99. The molecule has 4 heterocycles. The molecular weight excluding hydrogens is 424 g/mol. The molecule has 1 aromatic heterocycles. The number of hydrogen-bond donors (Lipinski definition) is 1. The van der Waals surface area contributed by atoms with Crippen LogP contribution in [0.4, 0.5) is 11.4 Å². The van der Waals surface area contributed by atoms with E-state index in [4.69, 9.17) is 10.5 Å². The number of aromatic nitrogens is 1. The molecule has 2 aromatic carbocycles. The highest BCUT2D eigenvalue weighted by atomic mass is 16.5. The highest BCUT2D eigenvalue weighted by Gasteiger charge is 2.40. The van der Waals surface area contributed by atoms with E-state index in [1.807, 2.05) is 12.1 Å². The van der Waals surface area contributed by atoms with Gasteiger partial charge in [-0.25, -0.2) is 0 Å². The zero-order chi connectivity index (χ0) is 23.4. The van der Waals surface area contributed by atoms with E-state index in [9.17, 15) is 5.26 Å². The van der Waals surface area contributed by atoms with Crippen LogP contribution in [0, 0.1) is 11.3 Å². The lowest BCUT2D eigenvalue weighted by Gasteiger charge is -2.43. The molecule has 2 fully saturated rings. The molecule has 3 aromatic rings. The Morgan fingerprint density at radius 3 is 2.76 bits per heavy atom. The number of hydrogen-bond acceptors (Lipinski definition) is 7. The number of anilines is 2. The summed E-state index contributed by atoms with van der Waals surface area (Å²) >= 11 is 0. The number of rotatable bonds is 3. The first-order valence-electron chi connectivity index (χ1n) is 12.0. The fourth-order valence-electron chi connectivity index (χ4n) is 6.09. The Morgan fingerprint density at radius 1 is 1.09 bits per heavy atom. The van der Waals surface area contributed by atoms with Gasteiger partial charge in [-0.05, 0) is 54.4 Å². The molecule has 34 heavy (non-hydrogen) atoms. The zero-order valence-electron chi connectivity index (χ0n) is 19.7. The molecule has 0 saturated carbocycles. The van der Waals surface area contributed by atoms with Crippen molar-refractivity contribution >= 4 is 22.3 Å². The van der Waals surface area contributed by atoms with Gasteiger partial charge >= 0.3 is 0 Å². The van der Waals surface area contributed by atoms with Crippen LogP contribution in [0.25, 0.3) is 10.9 Å². The maximum absolute atomic E-state index is 9.53. The van der Waals surface area contributed by atoms with Crippen LogP contribution in [0.2, 0.25) is 0 Å². The number of nitrogens with two attached hydrogens (primary N) is 1. The second-order valence-corrected chi connectivity index (χ2v) is 9.81. The molecule has 0 aliphatic carbocycles.